The van der Waals surface area contributed by atoms with Crippen molar-refractivity contribution in [3.8, 4) is 17.2 Å². The first kappa shape index (κ1) is 21.8. The van der Waals surface area contributed by atoms with E-state index < -0.39 is 7.82 Å². The molecule has 0 spiro atoms. The predicted octanol–water partition coefficient (Wildman–Crippen LogP) is 5.66. The zero-order valence-corrected chi connectivity index (χ0v) is 19.9. The van der Waals surface area contributed by atoms with E-state index in [1.54, 1.807) is 36.4 Å². The van der Waals surface area contributed by atoms with Crippen LogP contribution in [0, 0.1) is 20.8 Å². The highest BCUT2D eigenvalue weighted by Crippen LogP contribution is 2.49. The summed E-state index contributed by atoms with van der Waals surface area (Å²) in [5.41, 5.74) is 3.23. The van der Waals surface area contributed by atoms with Gasteiger partial charge in [-0.15, -0.1) is 0 Å². The minimum atomic E-state index is -3.93. The van der Waals surface area contributed by atoms with Crippen LogP contribution in [0.15, 0.2) is 72.8 Å². The standard InChI is InChI=1S/C21H21O4P.CH6Si/c1-16-4-10-19(11-5-16)23-26(22,24-20-12-6-17(2)7-13-20)25-21-14-8-18(3)9-15-21;1-2/h4-15H,1-3H3;1-2H3. The van der Waals surface area contributed by atoms with Gasteiger partial charge in [-0.05, 0) is 67.4 Å². The summed E-state index contributed by atoms with van der Waals surface area (Å²) in [5.74, 6) is 1.24. The fraction of sp³-hybridized carbons (Fsp3) is 0.182. The quantitative estimate of drug-likeness (QED) is 0.386. The summed E-state index contributed by atoms with van der Waals surface area (Å²) in [6.45, 7) is 8.04. The highest BCUT2D eigenvalue weighted by atomic mass is 31.2. The Morgan fingerprint density at radius 3 is 0.964 bits per heavy atom. The van der Waals surface area contributed by atoms with Crippen LogP contribution in [-0.2, 0) is 4.57 Å². The van der Waals surface area contributed by atoms with Crippen molar-refractivity contribution in [3.63, 3.8) is 0 Å². The van der Waals surface area contributed by atoms with Crippen molar-refractivity contribution in [2.45, 2.75) is 27.3 Å². The van der Waals surface area contributed by atoms with Gasteiger partial charge >= 0.3 is 7.82 Å². The molecule has 0 saturated carbocycles. The fourth-order valence-electron chi connectivity index (χ4n) is 2.24. The third-order valence-electron chi connectivity index (χ3n) is 3.71. The number of benzene rings is 3. The van der Waals surface area contributed by atoms with Crippen molar-refractivity contribution < 1.29 is 18.1 Å². The molecule has 0 fully saturated rings. The Morgan fingerprint density at radius 2 is 0.750 bits per heavy atom. The topological polar surface area (TPSA) is 44.8 Å². The Labute approximate surface area is 170 Å². The van der Waals surface area contributed by atoms with Crippen LogP contribution < -0.4 is 13.6 Å². The van der Waals surface area contributed by atoms with E-state index in [0.29, 0.717) is 17.2 Å². The lowest BCUT2D eigenvalue weighted by Gasteiger charge is -2.19. The molecule has 28 heavy (non-hydrogen) atoms. The molecule has 148 valence electrons. The lowest BCUT2D eigenvalue weighted by Crippen LogP contribution is -2.07. The molecule has 0 heterocycles. The van der Waals surface area contributed by atoms with Crippen molar-refractivity contribution in [2.24, 2.45) is 0 Å². The van der Waals surface area contributed by atoms with Gasteiger partial charge in [0, 0.05) is 0 Å². The van der Waals surface area contributed by atoms with Crippen molar-refractivity contribution >= 4 is 18.1 Å². The molecule has 4 nitrogen and oxygen atoms in total. The van der Waals surface area contributed by atoms with Crippen LogP contribution >= 0.6 is 7.82 Å². The Balaban J connectivity index is 0.00000136. The average Bonchev–Trinajstić information content (AvgIpc) is 2.69. The third-order valence-corrected chi connectivity index (χ3v) is 5.02. The van der Waals surface area contributed by atoms with E-state index in [9.17, 15) is 4.57 Å². The number of phosphoric ester groups is 1. The Morgan fingerprint density at radius 1 is 0.536 bits per heavy atom. The Bertz CT molecular complexity index is 784. The zero-order chi connectivity index (χ0) is 20.6. The van der Waals surface area contributed by atoms with E-state index in [-0.39, 0.29) is 0 Å². The van der Waals surface area contributed by atoms with Crippen molar-refractivity contribution in [2.75, 3.05) is 0 Å². The second-order valence-corrected chi connectivity index (χ2v) is 7.60. The van der Waals surface area contributed by atoms with Crippen LogP contribution in [-0.4, -0.2) is 10.2 Å². The van der Waals surface area contributed by atoms with E-state index >= 15 is 0 Å². The maximum Gasteiger partial charge on any atom is 0.647 e. The number of aryl methyl sites for hydroxylation is 3. The van der Waals surface area contributed by atoms with Gasteiger partial charge in [-0.2, -0.15) is 4.57 Å². The Hall–Kier alpha value is -2.49. The molecule has 0 aliphatic rings. The lowest BCUT2D eigenvalue weighted by atomic mass is 10.2. The normalized spacial score (nSPS) is 10.6. The van der Waals surface area contributed by atoms with Crippen molar-refractivity contribution in [1.82, 2.24) is 0 Å². The van der Waals surface area contributed by atoms with Gasteiger partial charge in [0.05, 0.1) is 0 Å². The smallest absolute Gasteiger partial charge is 0.386 e. The summed E-state index contributed by atoms with van der Waals surface area (Å²) in [4.78, 5) is 0. The summed E-state index contributed by atoms with van der Waals surface area (Å²) in [6.07, 6.45) is 0. The first-order valence-electron chi connectivity index (χ1n) is 9.31. The van der Waals surface area contributed by atoms with Crippen LogP contribution in [0.5, 0.6) is 17.2 Å². The van der Waals surface area contributed by atoms with E-state index in [1.807, 2.05) is 57.2 Å². The lowest BCUT2D eigenvalue weighted by molar-refractivity contribution is 0.298. The van der Waals surface area contributed by atoms with Gasteiger partial charge < -0.3 is 13.6 Å². The number of hydrogen-bond donors (Lipinski definition) is 0. The van der Waals surface area contributed by atoms with E-state index in [1.165, 1.54) is 10.2 Å². The van der Waals surface area contributed by atoms with Gasteiger partial charge in [-0.25, -0.2) is 0 Å². The monoisotopic (exact) mass is 414 g/mol. The molecule has 0 bridgehead atoms. The molecule has 0 amide bonds. The van der Waals surface area contributed by atoms with Gasteiger partial charge in [0.2, 0.25) is 0 Å². The molecule has 0 aliphatic carbocycles. The van der Waals surface area contributed by atoms with Crippen LogP contribution in [0.25, 0.3) is 0 Å². The molecule has 0 atom stereocenters. The van der Waals surface area contributed by atoms with Gasteiger partial charge in [0.25, 0.3) is 0 Å². The summed E-state index contributed by atoms with van der Waals surface area (Å²) in [6, 6.07) is 21.6. The van der Waals surface area contributed by atoms with E-state index in [4.69, 9.17) is 13.6 Å². The molecule has 0 radical (unpaired) electrons. The Kier molecular flexibility index (Phi) is 7.91. The van der Waals surface area contributed by atoms with Crippen LogP contribution in [0.1, 0.15) is 16.7 Å². The second kappa shape index (κ2) is 10.2. The molecule has 0 saturated heterocycles. The van der Waals surface area contributed by atoms with Crippen LogP contribution in [0.3, 0.4) is 0 Å². The first-order chi connectivity index (χ1) is 13.4. The SMILES string of the molecule is C[SiH3].Cc1ccc(OP(=O)(Oc2ccc(C)cc2)Oc2ccc(C)cc2)cc1. The molecule has 6 heteroatoms. The van der Waals surface area contributed by atoms with Gasteiger partial charge in [-0.3, -0.25) is 0 Å². The number of rotatable bonds is 6. The minimum absolute atomic E-state index is 0.415. The van der Waals surface area contributed by atoms with Crippen molar-refractivity contribution in [1.29, 1.82) is 0 Å². The molecule has 0 N–H and O–H groups in total. The number of phosphoric acid groups is 1. The molecule has 0 unspecified atom stereocenters. The first-order valence-corrected chi connectivity index (χ1v) is 12.8. The highest BCUT2D eigenvalue weighted by molar-refractivity contribution is 7.49. The van der Waals surface area contributed by atoms with E-state index in [0.717, 1.165) is 16.7 Å². The molecule has 3 aromatic rings. The largest absolute Gasteiger partial charge is 0.647 e. The molecule has 0 aromatic heterocycles. The summed E-state index contributed by atoms with van der Waals surface area (Å²) >= 11 is 0. The van der Waals surface area contributed by atoms with Crippen molar-refractivity contribution in [3.05, 3.63) is 89.5 Å². The molecular weight excluding hydrogens is 387 g/mol. The molecular formula is C22H27O4PSi. The molecule has 3 aromatic carbocycles. The van der Waals surface area contributed by atoms with Gasteiger partial charge in [-0.1, -0.05) is 59.6 Å². The highest BCUT2D eigenvalue weighted by Gasteiger charge is 2.33. The maximum absolute atomic E-state index is 13.3. The summed E-state index contributed by atoms with van der Waals surface area (Å²) in [7, 11) is -2.62. The minimum Gasteiger partial charge on any atom is -0.386 e. The molecule has 3 rings (SSSR count). The van der Waals surface area contributed by atoms with Gasteiger partial charge in [0.1, 0.15) is 17.2 Å². The molecule has 0 aliphatic heterocycles. The van der Waals surface area contributed by atoms with Crippen LogP contribution in [0.2, 0.25) is 6.55 Å². The fourth-order valence-corrected chi connectivity index (χ4v) is 3.49. The second-order valence-electron chi connectivity index (χ2n) is 6.16. The number of hydrogen-bond acceptors (Lipinski definition) is 4. The van der Waals surface area contributed by atoms with E-state index in [2.05, 4.69) is 6.55 Å². The summed E-state index contributed by atoms with van der Waals surface area (Å²) < 4.78 is 30.2. The predicted molar refractivity (Wildman–Crippen MR) is 119 cm³/mol. The maximum atomic E-state index is 13.3. The summed E-state index contributed by atoms with van der Waals surface area (Å²) in [5, 5.41) is 0. The zero-order valence-electron chi connectivity index (χ0n) is 17.0. The van der Waals surface area contributed by atoms with Crippen LogP contribution in [0.4, 0.5) is 0 Å². The third kappa shape index (κ3) is 6.59. The van der Waals surface area contributed by atoms with Gasteiger partial charge in [0.15, 0.2) is 0 Å². The average molecular weight is 415 g/mol.